The van der Waals surface area contributed by atoms with Crippen LogP contribution in [0.5, 0.6) is 0 Å². The van der Waals surface area contributed by atoms with Gasteiger partial charge >= 0.3 is 0 Å². The summed E-state index contributed by atoms with van der Waals surface area (Å²) in [6.45, 7) is -1.29. The Bertz CT molecular complexity index is 305. The molecule has 0 saturated heterocycles. The molecule has 0 aliphatic heterocycles. The Balaban J connectivity index is 2.89. The van der Waals surface area contributed by atoms with E-state index in [-0.39, 0.29) is 5.69 Å². The fourth-order valence-electron chi connectivity index (χ4n) is 0.886. The van der Waals surface area contributed by atoms with Gasteiger partial charge in [0.1, 0.15) is 12.6 Å². The van der Waals surface area contributed by atoms with Gasteiger partial charge in [-0.25, -0.2) is 8.78 Å². The standard InChI is InChI=1S/C8H9BrF2N2O/c9-5-1-2-6(13-3-5)7(12)8(10,11)4-14/h1-3,7,14H,4,12H2/t7-/m0/s1. The second-order valence-electron chi connectivity index (χ2n) is 2.80. The lowest BCUT2D eigenvalue weighted by Gasteiger charge is -2.20. The van der Waals surface area contributed by atoms with Crippen LogP contribution in [0, 0.1) is 0 Å². The first-order chi connectivity index (χ1) is 6.47. The highest BCUT2D eigenvalue weighted by atomic mass is 79.9. The largest absolute Gasteiger partial charge is 0.390 e. The smallest absolute Gasteiger partial charge is 0.291 e. The zero-order valence-corrected chi connectivity index (χ0v) is 8.71. The Hall–Kier alpha value is -0.590. The summed E-state index contributed by atoms with van der Waals surface area (Å²) in [5.74, 6) is -3.35. The van der Waals surface area contributed by atoms with E-state index in [1.807, 2.05) is 0 Å². The monoisotopic (exact) mass is 266 g/mol. The first-order valence-electron chi connectivity index (χ1n) is 3.83. The normalized spacial score (nSPS) is 14.1. The molecular formula is C8H9BrF2N2O. The third-order valence-electron chi connectivity index (χ3n) is 1.73. The maximum Gasteiger partial charge on any atom is 0.291 e. The van der Waals surface area contributed by atoms with E-state index in [2.05, 4.69) is 20.9 Å². The first kappa shape index (κ1) is 11.5. The zero-order valence-electron chi connectivity index (χ0n) is 7.12. The van der Waals surface area contributed by atoms with Crippen molar-refractivity contribution in [3.8, 4) is 0 Å². The van der Waals surface area contributed by atoms with Crippen LogP contribution in [0.4, 0.5) is 8.78 Å². The van der Waals surface area contributed by atoms with Crippen LogP contribution in [0.15, 0.2) is 22.8 Å². The van der Waals surface area contributed by atoms with Gasteiger partial charge in [0.2, 0.25) is 0 Å². The minimum atomic E-state index is -3.35. The summed E-state index contributed by atoms with van der Waals surface area (Å²) < 4.78 is 26.5. The summed E-state index contributed by atoms with van der Waals surface area (Å²) >= 11 is 3.12. The summed E-state index contributed by atoms with van der Waals surface area (Å²) in [4.78, 5) is 3.73. The van der Waals surface area contributed by atoms with Crippen molar-refractivity contribution in [2.24, 2.45) is 5.73 Å². The number of nitrogens with two attached hydrogens (primary N) is 1. The van der Waals surface area contributed by atoms with Gasteiger partial charge in [0, 0.05) is 10.7 Å². The van der Waals surface area contributed by atoms with E-state index in [1.165, 1.54) is 12.3 Å². The number of pyridine rings is 1. The van der Waals surface area contributed by atoms with Crippen LogP contribution in [0.2, 0.25) is 0 Å². The molecule has 0 bridgehead atoms. The van der Waals surface area contributed by atoms with Crippen molar-refractivity contribution < 1.29 is 13.9 Å². The number of alkyl halides is 2. The molecule has 1 heterocycles. The molecule has 78 valence electrons. The van der Waals surface area contributed by atoms with E-state index in [4.69, 9.17) is 10.8 Å². The van der Waals surface area contributed by atoms with Crippen molar-refractivity contribution >= 4 is 15.9 Å². The van der Waals surface area contributed by atoms with Crippen molar-refractivity contribution in [1.29, 1.82) is 0 Å². The highest BCUT2D eigenvalue weighted by molar-refractivity contribution is 9.10. The van der Waals surface area contributed by atoms with Crippen LogP contribution < -0.4 is 5.73 Å². The van der Waals surface area contributed by atoms with Crippen LogP contribution >= 0.6 is 15.9 Å². The second kappa shape index (κ2) is 4.29. The molecule has 0 spiro atoms. The van der Waals surface area contributed by atoms with Crippen LogP contribution in [-0.4, -0.2) is 22.6 Å². The molecule has 0 fully saturated rings. The molecule has 0 aliphatic carbocycles. The molecule has 1 aromatic rings. The molecule has 1 rings (SSSR count). The van der Waals surface area contributed by atoms with Gasteiger partial charge in [-0.1, -0.05) is 0 Å². The summed E-state index contributed by atoms with van der Waals surface area (Å²) in [6, 6.07) is 1.37. The molecule has 0 aromatic carbocycles. The molecule has 14 heavy (non-hydrogen) atoms. The highest BCUT2D eigenvalue weighted by Gasteiger charge is 2.38. The Morgan fingerprint density at radius 2 is 2.21 bits per heavy atom. The minimum Gasteiger partial charge on any atom is -0.390 e. The second-order valence-corrected chi connectivity index (χ2v) is 3.71. The molecule has 3 nitrogen and oxygen atoms in total. The van der Waals surface area contributed by atoms with Gasteiger partial charge in [-0.3, -0.25) is 4.98 Å². The van der Waals surface area contributed by atoms with E-state index >= 15 is 0 Å². The number of aliphatic hydroxyl groups excluding tert-OH is 1. The van der Waals surface area contributed by atoms with Crippen molar-refractivity contribution in [2.45, 2.75) is 12.0 Å². The molecule has 0 aliphatic rings. The number of hydrogen-bond donors (Lipinski definition) is 2. The number of hydrogen-bond acceptors (Lipinski definition) is 3. The van der Waals surface area contributed by atoms with E-state index in [0.29, 0.717) is 4.47 Å². The maximum atomic E-state index is 12.9. The van der Waals surface area contributed by atoms with Gasteiger partial charge in [-0.05, 0) is 28.1 Å². The fourth-order valence-corrected chi connectivity index (χ4v) is 1.12. The van der Waals surface area contributed by atoms with Crippen molar-refractivity contribution in [2.75, 3.05) is 6.61 Å². The topological polar surface area (TPSA) is 59.1 Å². The third kappa shape index (κ3) is 2.46. The lowest BCUT2D eigenvalue weighted by Crippen LogP contribution is -2.36. The minimum absolute atomic E-state index is 0.0484. The van der Waals surface area contributed by atoms with E-state index < -0.39 is 18.6 Å². The van der Waals surface area contributed by atoms with Crippen molar-refractivity contribution in [1.82, 2.24) is 4.98 Å². The summed E-state index contributed by atoms with van der Waals surface area (Å²) in [6.07, 6.45) is 1.38. The number of halogens is 3. The number of aromatic nitrogens is 1. The average molecular weight is 267 g/mol. The zero-order chi connectivity index (χ0) is 10.8. The first-order valence-corrected chi connectivity index (χ1v) is 4.62. The van der Waals surface area contributed by atoms with E-state index in [1.54, 1.807) is 6.07 Å². The predicted octanol–water partition coefficient (Wildman–Crippen LogP) is 1.47. The molecule has 1 aromatic heterocycles. The Morgan fingerprint density at radius 1 is 1.57 bits per heavy atom. The van der Waals surface area contributed by atoms with Crippen molar-refractivity contribution in [3.05, 3.63) is 28.5 Å². The number of aliphatic hydroxyl groups is 1. The Kier molecular flexibility index (Phi) is 3.52. The quantitative estimate of drug-likeness (QED) is 0.871. The third-order valence-corrected chi connectivity index (χ3v) is 2.20. The summed E-state index contributed by atoms with van der Waals surface area (Å²) in [5, 5.41) is 8.41. The number of rotatable bonds is 3. The van der Waals surface area contributed by atoms with E-state index in [9.17, 15) is 8.78 Å². The summed E-state index contributed by atoms with van der Waals surface area (Å²) in [7, 11) is 0. The van der Waals surface area contributed by atoms with Crippen LogP contribution in [0.3, 0.4) is 0 Å². The molecule has 0 unspecified atom stereocenters. The van der Waals surface area contributed by atoms with Gasteiger partial charge in [0.05, 0.1) is 5.69 Å². The van der Waals surface area contributed by atoms with E-state index in [0.717, 1.165) is 0 Å². The molecular weight excluding hydrogens is 258 g/mol. The van der Waals surface area contributed by atoms with Gasteiger partial charge in [-0.2, -0.15) is 0 Å². The van der Waals surface area contributed by atoms with Crippen LogP contribution in [-0.2, 0) is 0 Å². The molecule has 0 radical (unpaired) electrons. The van der Waals surface area contributed by atoms with Gasteiger partial charge in [-0.15, -0.1) is 0 Å². The van der Waals surface area contributed by atoms with Gasteiger partial charge in [0.25, 0.3) is 5.92 Å². The Labute approximate surface area is 88.1 Å². The number of nitrogens with zero attached hydrogens (tertiary/aromatic N) is 1. The molecule has 3 N–H and O–H groups in total. The molecule has 0 amide bonds. The molecule has 0 saturated carbocycles. The predicted molar refractivity (Wildman–Crippen MR) is 50.9 cm³/mol. The highest BCUT2D eigenvalue weighted by Crippen LogP contribution is 2.27. The summed E-state index contributed by atoms with van der Waals surface area (Å²) in [5.41, 5.74) is 5.29. The SMILES string of the molecule is N[C@@H](c1ccc(Br)cn1)C(F)(F)CO. The fraction of sp³-hybridized carbons (Fsp3) is 0.375. The van der Waals surface area contributed by atoms with Gasteiger partial charge in [0.15, 0.2) is 0 Å². The lowest BCUT2D eigenvalue weighted by atomic mass is 10.1. The molecule has 6 heteroatoms. The van der Waals surface area contributed by atoms with Crippen LogP contribution in [0.25, 0.3) is 0 Å². The maximum absolute atomic E-state index is 12.9. The average Bonchev–Trinajstić information content (AvgIpc) is 2.18. The lowest BCUT2D eigenvalue weighted by molar-refractivity contribution is -0.0721. The van der Waals surface area contributed by atoms with Crippen LogP contribution in [0.1, 0.15) is 11.7 Å². The Morgan fingerprint density at radius 3 is 2.64 bits per heavy atom. The van der Waals surface area contributed by atoms with Crippen molar-refractivity contribution in [3.63, 3.8) is 0 Å². The van der Waals surface area contributed by atoms with Gasteiger partial charge < -0.3 is 10.8 Å². The molecule has 1 atom stereocenters.